The van der Waals surface area contributed by atoms with Gasteiger partial charge < -0.3 is 11.5 Å². The number of fused-ring (bicyclic) bond motifs is 2. The first-order valence-corrected chi connectivity index (χ1v) is 30.2. The molecule has 0 radical (unpaired) electrons. The van der Waals surface area contributed by atoms with Crippen LogP contribution in [0.2, 0.25) is 0 Å². The van der Waals surface area contributed by atoms with Crippen LogP contribution < -0.4 is 43.3 Å². The zero-order chi connectivity index (χ0) is 48.3. The Kier molecular flexibility index (Phi) is 17.4. The van der Waals surface area contributed by atoms with E-state index in [2.05, 4.69) is 198 Å². The van der Waals surface area contributed by atoms with Crippen molar-refractivity contribution in [3.63, 3.8) is 0 Å². The van der Waals surface area contributed by atoms with E-state index < -0.39 is 15.8 Å². The van der Waals surface area contributed by atoms with Crippen molar-refractivity contribution in [3.05, 3.63) is 264 Å². The number of hydrogen-bond acceptors (Lipinski definition) is 2. The number of hydrogen-bond donors (Lipinski definition) is 2. The van der Waals surface area contributed by atoms with Gasteiger partial charge in [-0.3, -0.25) is 0 Å². The summed E-state index contributed by atoms with van der Waals surface area (Å²) in [6.45, 7) is 8.72. The van der Waals surface area contributed by atoms with Crippen LogP contribution in [0.3, 0.4) is 0 Å². The zero-order valence-electron chi connectivity index (χ0n) is 39.3. The minimum atomic E-state index is -0.885. The minimum absolute atomic E-state index is 0.163. The van der Waals surface area contributed by atoms with E-state index in [9.17, 15) is 0 Å². The normalized spacial score (nSPS) is 12.0. The van der Waals surface area contributed by atoms with Gasteiger partial charge in [0.2, 0.25) is 0 Å². The quantitative estimate of drug-likeness (QED) is 0.106. The molecule has 0 aliphatic rings. The van der Waals surface area contributed by atoms with Gasteiger partial charge in [-0.25, -0.2) is 0 Å². The molecule has 0 aromatic heterocycles. The predicted octanol–water partition coefficient (Wildman–Crippen LogP) is 14.2. The van der Waals surface area contributed by atoms with Crippen molar-refractivity contribution in [2.75, 3.05) is 0 Å². The second kappa shape index (κ2) is 24.0. The van der Waals surface area contributed by atoms with Gasteiger partial charge in [-0.15, -0.1) is 0 Å². The van der Waals surface area contributed by atoms with Crippen LogP contribution in [0.15, 0.2) is 231 Å². The van der Waals surface area contributed by atoms with Crippen molar-refractivity contribution >= 4 is 88.6 Å². The number of nitrogens with two attached hydrogens (primary N) is 2. The Bertz CT molecular complexity index is 2910. The van der Waals surface area contributed by atoms with Gasteiger partial charge in [-0.2, -0.15) is 0 Å². The Morgan fingerprint density at radius 2 is 0.594 bits per heavy atom. The molecule has 4 N–H and O–H groups in total. The van der Waals surface area contributed by atoms with Crippen LogP contribution in [0.4, 0.5) is 0 Å². The Hall–Kier alpha value is -5.30. The molecular formula is C62H56Cl2N2P2Ru. The first-order valence-electron chi connectivity index (χ1n) is 23.0. The molecule has 10 aromatic rings. The van der Waals surface area contributed by atoms with Crippen molar-refractivity contribution in [2.24, 2.45) is 11.5 Å². The number of benzene rings is 10. The number of rotatable bonds is 10. The van der Waals surface area contributed by atoms with E-state index >= 15 is 0 Å². The summed E-state index contributed by atoms with van der Waals surface area (Å²) in [5.74, 6) is 0. The van der Waals surface area contributed by atoms with Gasteiger partial charge in [0.15, 0.2) is 0 Å². The summed E-state index contributed by atoms with van der Waals surface area (Å²) in [5.41, 5.74) is 22.3. The van der Waals surface area contributed by atoms with Crippen molar-refractivity contribution in [3.8, 4) is 11.1 Å². The molecule has 2 nitrogen and oxygen atoms in total. The number of halogens is 2. The maximum atomic E-state index is 6.15. The predicted molar refractivity (Wildman–Crippen MR) is 302 cm³/mol. The third-order valence-corrected chi connectivity index (χ3v) is 17.4. The molecule has 10 rings (SSSR count). The third kappa shape index (κ3) is 12.0. The summed E-state index contributed by atoms with van der Waals surface area (Å²) in [6, 6.07) is 84.2. The van der Waals surface area contributed by atoms with Gasteiger partial charge in [0.05, 0.1) is 0 Å². The first kappa shape index (κ1) is 50.1. The molecule has 346 valence electrons. The molecular weight excluding hydrogens is 1010 g/mol. The summed E-state index contributed by atoms with van der Waals surface area (Å²) in [4.78, 5) is 0. The molecule has 0 aliphatic heterocycles. The van der Waals surface area contributed by atoms with Crippen LogP contribution in [-0.2, 0) is 15.1 Å². The van der Waals surface area contributed by atoms with Gasteiger partial charge >= 0.3 is 34.5 Å². The van der Waals surface area contributed by atoms with Crippen LogP contribution in [0.25, 0.3) is 32.7 Å². The van der Waals surface area contributed by atoms with E-state index in [4.69, 9.17) is 30.8 Å². The second-order valence-corrected chi connectivity index (χ2v) is 24.3. The molecule has 0 bridgehead atoms. The fourth-order valence-corrected chi connectivity index (χ4v) is 13.7. The summed E-state index contributed by atoms with van der Waals surface area (Å²) in [7, 11) is 7.94. The fraction of sp³-hybridized carbons (Fsp3) is 0.0968. The standard InChI is InChI=1S/C48H40P2.C14H16N2.2ClH.Ru/c1-33-13-23-39(24-14-33)49(40-25-15-34(2)16-26-40)45-31-21-37-9-5-7-11-43(37)47(45)48-44-12-8-6-10-38(44)22-32-46(48)50(41-27-17-35(3)18-28-41)42-29-19-36(4)20-30-42;15-13(11-7-3-1-4-8-11)14(16)12-9-5-2-6-10-12;;;/h5-32H,1-4H3;1-10,13-14H,15-16H2;2*1H;/q;;;;+2/p-2/t;13-,14-;;;/m.1.../s1. The van der Waals surface area contributed by atoms with Crippen LogP contribution in [0, 0.1) is 27.7 Å². The van der Waals surface area contributed by atoms with Crippen LogP contribution in [0.5, 0.6) is 0 Å². The van der Waals surface area contributed by atoms with Crippen molar-refractivity contribution in [1.82, 2.24) is 0 Å². The van der Waals surface area contributed by atoms with Gasteiger partial charge in [0.1, 0.15) is 0 Å². The summed E-state index contributed by atoms with van der Waals surface area (Å²) < 4.78 is 0. The molecule has 0 aliphatic carbocycles. The molecule has 0 saturated carbocycles. The van der Waals surface area contributed by atoms with E-state index in [-0.39, 0.29) is 27.2 Å². The van der Waals surface area contributed by atoms with Gasteiger partial charge in [-0.05, 0) is 119 Å². The Morgan fingerprint density at radius 1 is 0.333 bits per heavy atom. The molecule has 0 amide bonds. The molecule has 7 heteroatoms. The van der Waals surface area contributed by atoms with Crippen LogP contribution in [-0.4, -0.2) is 0 Å². The van der Waals surface area contributed by atoms with Gasteiger partial charge in [0, 0.05) is 12.1 Å². The van der Waals surface area contributed by atoms with E-state index in [1.165, 1.54) is 86.8 Å². The van der Waals surface area contributed by atoms with E-state index in [0.717, 1.165) is 11.1 Å². The summed E-state index contributed by atoms with van der Waals surface area (Å²) in [5, 5.41) is 13.4. The van der Waals surface area contributed by atoms with Gasteiger partial charge in [-0.1, -0.05) is 253 Å². The summed E-state index contributed by atoms with van der Waals surface area (Å²) in [6.07, 6.45) is 0. The van der Waals surface area contributed by atoms with Crippen molar-refractivity contribution < 1.29 is 15.1 Å². The Balaban J connectivity index is 0.000000283. The fourth-order valence-electron chi connectivity index (χ4n) is 8.81. The van der Waals surface area contributed by atoms with Crippen molar-refractivity contribution in [2.45, 2.75) is 39.8 Å². The molecule has 69 heavy (non-hydrogen) atoms. The monoisotopic (exact) mass is 1060 g/mol. The molecule has 10 aromatic carbocycles. The first-order chi connectivity index (χ1) is 33.6. The van der Waals surface area contributed by atoms with E-state index in [1.807, 2.05) is 60.7 Å². The SMILES string of the molecule is Cc1ccc(P(c2ccc(C)cc2)c2ccc3ccccc3c2-c2c(P(c3ccc(C)cc3)c3ccc(C)cc3)ccc3ccccc23)cc1.N[C@H](c1ccccc1)[C@H](N)c1ccccc1.[Cl][Ru][Cl]. The molecule has 0 heterocycles. The van der Waals surface area contributed by atoms with E-state index in [1.54, 1.807) is 0 Å². The molecule has 2 atom stereocenters. The average Bonchev–Trinajstić information content (AvgIpc) is 3.39. The second-order valence-electron chi connectivity index (χ2n) is 17.3. The topological polar surface area (TPSA) is 52.0 Å². The summed E-state index contributed by atoms with van der Waals surface area (Å²) >= 11 is -0.346. The Morgan fingerprint density at radius 3 is 0.884 bits per heavy atom. The zero-order valence-corrected chi connectivity index (χ0v) is 44.3. The molecule has 0 saturated heterocycles. The molecule has 0 unspecified atom stereocenters. The average molecular weight is 1060 g/mol. The van der Waals surface area contributed by atoms with Crippen LogP contribution in [0.1, 0.15) is 45.5 Å². The van der Waals surface area contributed by atoms with Gasteiger partial charge in [0.25, 0.3) is 0 Å². The number of aryl methyl sites for hydroxylation is 4. The molecule has 0 spiro atoms. The van der Waals surface area contributed by atoms with Crippen LogP contribution >= 0.6 is 35.2 Å². The third-order valence-electron chi connectivity index (χ3n) is 12.5. The van der Waals surface area contributed by atoms with Crippen molar-refractivity contribution in [1.29, 1.82) is 0 Å². The Labute approximate surface area is 426 Å². The maximum absolute atomic E-state index is 6.15. The molecule has 0 fully saturated rings. The van der Waals surface area contributed by atoms with E-state index in [0.29, 0.717) is 0 Å².